The zero-order chi connectivity index (χ0) is 11.4. The van der Waals surface area contributed by atoms with E-state index in [4.69, 9.17) is 4.74 Å². The Labute approximate surface area is 112 Å². The summed E-state index contributed by atoms with van der Waals surface area (Å²) < 4.78 is 6.29. The summed E-state index contributed by atoms with van der Waals surface area (Å²) in [5.41, 5.74) is 0. The second kappa shape index (κ2) is 5.75. The molecule has 0 radical (unpaired) electrons. The number of hydrogen-bond donors (Lipinski definition) is 0. The van der Waals surface area contributed by atoms with Crippen molar-refractivity contribution in [2.75, 3.05) is 7.11 Å². The molecule has 0 aliphatic heterocycles. The van der Waals surface area contributed by atoms with E-state index in [1.165, 1.54) is 14.2 Å². The molecule has 16 heavy (non-hydrogen) atoms. The summed E-state index contributed by atoms with van der Waals surface area (Å²) in [5, 5.41) is 2.11. The van der Waals surface area contributed by atoms with E-state index in [1.807, 2.05) is 23.9 Å². The lowest BCUT2D eigenvalue weighted by Crippen LogP contribution is -1.81. The van der Waals surface area contributed by atoms with Crippen LogP contribution in [0, 0.1) is 0 Å². The number of hydrogen-bond acceptors (Lipinski definition) is 3. The molecule has 0 bridgehead atoms. The van der Waals surface area contributed by atoms with Crippen molar-refractivity contribution in [2.45, 2.75) is 10.6 Å². The van der Waals surface area contributed by atoms with Crippen LogP contribution in [0.3, 0.4) is 0 Å². The van der Waals surface area contributed by atoms with Crippen LogP contribution in [-0.2, 0) is 5.75 Å². The molecule has 0 amide bonds. The third-order valence-electron chi connectivity index (χ3n) is 2.06. The Morgan fingerprint density at radius 3 is 2.62 bits per heavy atom. The summed E-state index contributed by atoms with van der Waals surface area (Å²) in [5.74, 6) is 1.92. The molecule has 0 saturated heterocycles. The molecule has 0 atom stereocenters. The maximum absolute atomic E-state index is 5.12. The Hall–Kier alpha value is -0.450. The third-order valence-corrected chi connectivity index (χ3v) is 5.00. The number of ether oxygens (including phenoxy) is 1. The zero-order valence-electron chi connectivity index (χ0n) is 8.77. The number of thioether (sulfide) groups is 1. The largest absolute Gasteiger partial charge is 0.497 e. The van der Waals surface area contributed by atoms with Gasteiger partial charge in [-0.3, -0.25) is 0 Å². The van der Waals surface area contributed by atoms with E-state index in [0.717, 1.165) is 11.5 Å². The van der Waals surface area contributed by atoms with Gasteiger partial charge in [0.15, 0.2) is 0 Å². The van der Waals surface area contributed by atoms with Crippen LogP contribution in [0.5, 0.6) is 5.75 Å². The van der Waals surface area contributed by atoms with Crippen LogP contribution in [-0.4, -0.2) is 7.11 Å². The van der Waals surface area contributed by atoms with E-state index in [9.17, 15) is 0 Å². The van der Waals surface area contributed by atoms with E-state index >= 15 is 0 Å². The van der Waals surface area contributed by atoms with Crippen molar-refractivity contribution >= 4 is 39.0 Å². The van der Waals surface area contributed by atoms with E-state index in [0.29, 0.717) is 0 Å². The number of benzene rings is 1. The van der Waals surface area contributed by atoms with E-state index in [1.54, 1.807) is 18.4 Å². The SMILES string of the molecule is COc1ccc(SCc2cc(Br)cs2)cc1. The van der Waals surface area contributed by atoms with Gasteiger partial charge in [0.2, 0.25) is 0 Å². The number of halogens is 1. The van der Waals surface area contributed by atoms with E-state index in [2.05, 4.69) is 39.5 Å². The molecule has 0 fully saturated rings. The minimum absolute atomic E-state index is 0.906. The van der Waals surface area contributed by atoms with Gasteiger partial charge in [0.25, 0.3) is 0 Å². The number of methoxy groups -OCH3 is 1. The highest BCUT2D eigenvalue weighted by Crippen LogP contribution is 2.28. The first-order valence-electron chi connectivity index (χ1n) is 4.77. The quantitative estimate of drug-likeness (QED) is 0.749. The molecule has 2 rings (SSSR count). The van der Waals surface area contributed by atoms with E-state index in [-0.39, 0.29) is 0 Å². The highest BCUT2D eigenvalue weighted by atomic mass is 79.9. The van der Waals surface area contributed by atoms with Crippen molar-refractivity contribution in [1.82, 2.24) is 0 Å². The molecular formula is C12H11BrOS2. The van der Waals surface area contributed by atoms with Crippen LogP contribution in [0.1, 0.15) is 4.88 Å². The van der Waals surface area contributed by atoms with Crippen molar-refractivity contribution in [2.24, 2.45) is 0 Å². The van der Waals surface area contributed by atoms with Crippen molar-refractivity contribution in [1.29, 1.82) is 0 Å². The lowest BCUT2D eigenvalue weighted by atomic mass is 10.3. The second-order valence-corrected chi connectivity index (χ2v) is 6.16. The summed E-state index contributed by atoms with van der Waals surface area (Å²) in [6.07, 6.45) is 0. The normalized spacial score (nSPS) is 10.4. The molecule has 84 valence electrons. The average molecular weight is 315 g/mol. The number of thiophene rings is 1. The Kier molecular flexibility index (Phi) is 4.32. The molecule has 1 heterocycles. The van der Waals surface area contributed by atoms with Crippen LogP contribution in [0.25, 0.3) is 0 Å². The Morgan fingerprint density at radius 2 is 2.06 bits per heavy atom. The first kappa shape index (κ1) is 12.0. The predicted octanol–water partition coefficient (Wildman–Crippen LogP) is 4.81. The molecular weight excluding hydrogens is 304 g/mol. The van der Waals surface area contributed by atoms with Gasteiger partial charge in [-0.05, 0) is 46.3 Å². The predicted molar refractivity (Wildman–Crippen MR) is 74.6 cm³/mol. The van der Waals surface area contributed by atoms with Crippen molar-refractivity contribution in [3.05, 3.63) is 45.1 Å². The lowest BCUT2D eigenvalue weighted by molar-refractivity contribution is 0.414. The summed E-state index contributed by atoms with van der Waals surface area (Å²) in [7, 11) is 1.69. The molecule has 0 aliphatic carbocycles. The van der Waals surface area contributed by atoms with Crippen molar-refractivity contribution in [3.8, 4) is 5.75 Å². The van der Waals surface area contributed by atoms with Crippen LogP contribution in [0.2, 0.25) is 0 Å². The summed E-state index contributed by atoms with van der Waals surface area (Å²) in [6.45, 7) is 0. The molecule has 1 nitrogen and oxygen atoms in total. The van der Waals surface area contributed by atoms with Crippen molar-refractivity contribution in [3.63, 3.8) is 0 Å². The Morgan fingerprint density at radius 1 is 1.31 bits per heavy atom. The fraction of sp³-hybridized carbons (Fsp3) is 0.167. The Bertz CT molecular complexity index is 450. The molecule has 0 saturated carbocycles. The summed E-state index contributed by atoms with van der Waals surface area (Å²) in [6, 6.07) is 10.3. The Balaban J connectivity index is 1.94. The van der Waals surface area contributed by atoms with Gasteiger partial charge in [-0.2, -0.15) is 0 Å². The molecule has 4 heteroatoms. The highest BCUT2D eigenvalue weighted by Gasteiger charge is 2.00. The smallest absolute Gasteiger partial charge is 0.118 e. The van der Waals surface area contributed by atoms with Crippen LogP contribution >= 0.6 is 39.0 Å². The second-order valence-electron chi connectivity index (χ2n) is 3.20. The summed E-state index contributed by atoms with van der Waals surface area (Å²) >= 11 is 7.09. The maximum Gasteiger partial charge on any atom is 0.118 e. The fourth-order valence-corrected chi connectivity index (χ4v) is 3.66. The van der Waals surface area contributed by atoms with Gasteiger partial charge in [-0.15, -0.1) is 23.1 Å². The van der Waals surface area contributed by atoms with Crippen LogP contribution in [0.15, 0.2) is 45.1 Å². The first-order valence-corrected chi connectivity index (χ1v) is 7.43. The molecule has 0 N–H and O–H groups in total. The molecule has 0 aliphatic rings. The van der Waals surface area contributed by atoms with Crippen LogP contribution < -0.4 is 4.74 Å². The lowest BCUT2D eigenvalue weighted by Gasteiger charge is -2.02. The zero-order valence-corrected chi connectivity index (χ0v) is 12.0. The minimum Gasteiger partial charge on any atom is -0.497 e. The standard InChI is InChI=1S/C12H11BrOS2/c1-14-10-2-4-11(5-3-10)16-8-12-6-9(13)7-15-12/h2-7H,8H2,1H3. The molecule has 0 unspecified atom stereocenters. The highest BCUT2D eigenvalue weighted by molar-refractivity contribution is 9.10. The van der Waals surface area contributed by atoms with Gasteiger partial charge in [-0.1, -0.05) is 0 Å². The average Bonchev–Trinajstić information content (AvgIpc) is 2.73. The number of rotatable bonds is 4. The van der Waals surface area contributed by atoms with Crippen LogP contribution in [0.4, 0.5) is 0 Å². The topological polar surface area (TPSA) is 9.23 Å². The van der Waals surface area contributed by atoms with Gasteiger partial charge in [0, 0.05) is 25.4 Å². The third kappa shape index (κ3) is 3.27. The summed E-state index contributed by atoms with van der Waals surface area (Å²) in [4.78, 5) is 2.65. The fourth-order valence-electron chi connectivity index (χ4n) is 1.26. The van der Waals surface area contributed by atoms with E-state index < -0.39 is 0 Å². The first-order chi connectivity index (χ1) is 7.78. The molecule has 1 aromatic heterocycles. The van der Waals surface area contributed by atoms with Gasteiger partial charge in [-0.25, -0.2) is 0 Å². The van der Waals surface area contributed by atoms with Gasteiger partial charge >= 0.3 is 0 Å². The molecule has 2 aromatic rings. The maximum atomic E-state index is 5.12. The molecule has 1 aromatic carbocycles. The van der Waals surface area contributed by atoms with Gasteiger partial charge in [0.1, 0.15) is 5.75 Å². The minimum atomic E-state index is 0.906. The van der Waals surface area contributed by atoms with Gasteiger partial charge in [0.05, 0.1) is 7.11 Å². The van der Waals surface area contributed by atoms with Gasteiger partial charge < -0.3 is 4.74 Å². The molecule has 0 spiro atoms. The monoisotopic (exact) mass is 314 g/mol. The van der Waals surface area contributed by atoms with Crippen molar-refractivity contribution < 1.29 is 4.74 Å².